The van der Waals surface area contributed by atoms with E-state index in [1.54, 1.807) is 20.6 Å². The molecule has 3 aliphatic heterocycles. The maximum Gasteiger partial charge on any atom is 0.308 e. The molecule has 204 valence electrons. The van der Waals surface area contributed by atoms with E-state index >= 15 is 0 Å². The van der Waals surface area contributed by atoms with Gasteiger partial charge in [0.2, 0.25) is 11.8 Å². The minimum atomic E-state index is -1.01. The van der Waals surface area contributed by atoms with E-state index in [1.165, 1.54) is 11.8 Å². The van der Waals surface area contributed by atoms with Crippen LogP contribution in [0.5, 0.6) is 0 Å². The molecule has 7 atom stereocenters. The van der Waals surface area contributed by atoms with Crippen LogP contribution in [-0.2, 0) is 21.1 Å². The summed E-state index contributed by atoms with van der Waals surface area (Å²) < 4.78 is 0.135. The van der Waals surface area contributed by atoms with E-state index in [0.29, 0.717) is 24.8 Å². The Balaban J connectivity index is 1.60. The highest BCUT2D eigenvalue weighted by atomic mass is 32.2. The van der Waals surface area contributed by atoms with Crippen molar-refractivity contribution in [3.05, 3.63) is 36.9 Å². The van der Waals surface area contributed by atoms with Crippen molar-refractivity contribution in [3.8, 4) is 0 Å². The van der Waals surface area contributed by atoms with Gasteiger partial charge >= 0.3 is 5.97 Å². The van der Waals surface area contributed by atoms with Crippen molar-refractivity contribution in [2.45, 2.75) is 68.3 Å². The summed E-state index contributed by atoms with van der Waals surface area (Å²) in [6, 6.07) is 5.97. The van der Waals surface area contributed by atoms with Crippen molar-refractivity contribution in [1.82, 2.24) is 24.8 Å². The molecule has 0 radical (unpaired) electrons. The predicted molar refractivity (Wildman–Crippen MR) is 143 cm³/mol. The fraction of sp³-hybridized carbons (Fsp3) is 0.593. The molecule has 1 spiro atoms. The molecule has 0 aliphatic carbocycles. The number of thioether (sulfide) groups is 1. The molecule has 3 fully saturated rings. The van der Waals surface area contributed by atoms with E-state index < -0.39 is 39.4 Å². The van der Waals surface area contributed by atoms with Crippen molar-refractivity contribution in [2.75, 3.05) is 13.2 Å². The van der Waals surface area contributed by atoms with Crippen LogP contribution in [0.4, 0.5) is 0 Å². The van der Waals surface area contributed by atoms with Gasteiger partial charge in [0.05, 0.1) is 34.7 Å². The van der Waals surface area contributed by atoms with E-state index in [2.05, 4.69) is 16.9 Å². The number of amides is 2. The summed E-state index contributed by atoms with van der Waals surface area (Å²) in [7, 11) is 0. The second-order valence-electron chi connectivity index (χ2n) is 11.0. The number of carbonyl (C=O) groups excluding carboxylic acids is 2. The van der Waals surface area contributed by atoms with Crippen LogP contribution in [0.2, 0.25) is 0 Å². The van der Waals surface area contributed by atoms with E-state index in [4.69, 9.17) is 0 Å². The number of carbonyl (C=O) groups is 3. The van der Waals surface area contributed by atoms with Gasteiger partial charge in [-0.25, -0.2) is 4.68 Å². The largest absolute Gasteiger partial charge is 0.481 e. The van der Waals surface area contributed by atoms with Crippen LogP contribution in [0.25, 0.3) is 11.0 Å². The quantitative estimate of drug-likeness (QED) is 0.439. The van der Waals surface area contributed by atoms with Crippen molar-refractivity contribution in [1.29, 1.82) is 0 Å². The molecular weight excluding hydrogens is 506 g/mol. The lowest BCUT2D eigenvalue weighted by Gasteiger charge is -2.41. The number of hydrogen-bond donors (Lipinski definition) is 2. The number of rotatable bonds is 10. The lowest BCUT2D eigenvalue weighted by molar-refractivity contribution is -0.151. The molecule has 1 aromatic carbocycles. The van der Waals surface area contributed by atoms with Crippen molar-refractivity contribution in [2.24, 2.45) is 17.8 Å². The van der Waals surface area contributed by atoms with Gasteiger partial charge in [-0.15, -0.1) is 23.4 Å². The van der Waals surface area contributed by atoms with Crippen molar-refractivity contribution < 1.29 is 24.6 Å². The highest BCUT2D eigenvalue weighted by molar-refractivity contribution is 8.02. The number of aliphatic hydroxyl groups excluding tert-OH is 1. The first-order chi connectivity index (χ1) is 18.1. The third-order valence-electron chi connectivity index (χ3n) is 8.95. The first-order valence-corrected chi connectivity index (χ1v) is 14.0. The third kappa shape index (κ3) is 3.77. The number of carboxylic acids is 1. The highest BCUT2D eigenvalue weighted by Crippen LogP contribution is 2.71. The smallest absolute Gasteiger partial charge is 0.308 e. The topological polar surface area (TPSA) is 129 Å². The molecule has 4 heterocycles. The first kappa shape index (κ1) is 26.7. The number of para-hydroxylation sites is 1. The molecule has 38 heavy (non-hydrogen) atoms. The SMILES string of the molecule is C=CCN(Cn1nnc2ccccc21)C(=O)C1N([C@@H](CO)[C@@H](C)CC)C(=O)[C@@H]2[C@@H](C(=O)O)[C@@]3(C)CCC12S3. The maximum atomic E-state index is 14.6. The molecule has 2 N–H and O–H groups in total. The minimum Gasteiger partial charge on any atom is -0.481 e. The van der Waals surface area contributed by atoms with Crippen LogP contribution in [-0.4, -0.2) is 87.5 Å². The van der Waals surface area contributed by atoms with Crippen LogP contribution >= 0.6 is 11.8 Å². The lowest BCUT2D eigenvalue weighted by atomic mass is 9.66. The molecule has 3 saturated heterocycles. The number of hydrogen-bond acceptors (Lipinski definition) is 7. The molecule has 2 unspecified atom stereocenters. The fourth-order valence-electron chi connectivity index (χ4n) is 6.92. The fourth-order valence-corrected chi connectivity index (χ4v) is 9.25. The minimum absolute atomic E-state index is 0.0809. The van der Waals surface area contributed by atoms with Crippen molar-refractivity contribution in [3.63, 3.8) is 0 Å². The zero-order valence-electron chi connectivity index (χ0n) is 22.0. The highest BCUT2D eigenvalue weighted by Gasteiger charge is 2.78. The summed E-state index contributed by atoms with van der Waals surface area (Å²) in [4.78, 5) is 44.4. The Kier molecular flexibility index (Phi) is 6.79. The summed E-state index contributed by atoms with van der Waals surface area (Å²) in [5, 5.41) is 29.1. The van der Waals surface area contributed by atoms with Gasteiger partial charge in [-0.2, -0.15) is 0 Å². The number of likely N-dealkylation sites (tertiary alicyclic amines) is 1. The normalized spacial score (nSPS) is 31.4. The Morgan fingerprint density at radius 3 is 2.74 bits per heavy atom. The van der Waals surface area contributed by atoms with Gasteiger partial charge in [0, 0.05) is 11.3 Å². The number of aliphatic hydroxyl groups is 1. The second-order valence-corrected chi connectivity index (χ2v) is 12.9. The van der Waals surface area contributed by atoms with E-state index in [-0.39, 0.29) is 37.6 Å². The zero-order chi connectivity index (χ0) is 27.4. The van der Waals surface area contributed by atoms with Crippen LogP contribution in [0.3, 0.4) is 0 Å². The molecule has 10 nitrogen and oxygen atoms in total. The summed E-state index contributed by atoms with van der Waals surface area (Å²) in [5.74, 6) is -3.43. The molecule has 2 bridgehead atoms. The first-order valence-electron chi connectivity index (χ1n) is 13.2. The monoisotopic (exact) mass is 541 g/mol. The van der Waals surface area contributed by atoms with Crippen LogP contribution < -0.4 is 0 Å². The molecule has 0 saturated carbocycles. The van der Waals surface area contributed by atoms with E-state index in [1.807, 2.05) is 45.0 Å². The maximum absolute atomic E-state index is 14.6. The Morgan fingerprint density at radius 2 is 2.08 bits per heavy atom. The lowest BCUT2D eigenvalue weighted by Crippen LogP contribution is -2.58. The van der Waals surface area contributed by atoms with Crippen LogP contribution in [0.15, 0.2) is 36.9 Å². The predicted octanol–water partition coefficient (Wildman–Crippen LogP) is 2.38. The molecule has 3 aliphatic rings. The molecule has 2 aromatic rings. The average Bonchev–Trinajstić information content (AvgIpc) is 3.60. The summed E-state index contributed by atoms with van der Waals surface area (Å²) in [6.45, 7) is 9.69. The molecule has 5 rings (SSSR count). The van der Waals surface area contributed by atoms with E-state index in [9.17, 15) is 24.6 Å². The summed E-state index contributed by atoms with van der Waals surface area (Å²) in [5.41, 5.74) is 1.47. The number of aliphatic carboxylic acids is 1. The van der Waals surface area contributed by atoms with Gasteiger partial charge in [-0.1, -0.05) is 43.7 Å². The Morgan fingerprint density at radius 1 is 1.34 bits per heavy atom. The van der Waals surface area contributed by atoms with Gasteiger partial charge in [0.25, 0.3) is 0 Å². The number of aromatic nitrogens is 3. The Hall–Kier alpha value is -2.92. The summed E-state index contributed by atoms with van der Waals surface area (Å²) in [6.07, 6.45) is 3.50. The van der Waals surface area contributed by atoms with Gasteiger partial charge in [0.1, 0.15) is 18.2 Å². The van der Waals surface area contributed by atoms with Gasteiger partial charge in [-0.3, -0.25) is 14.4 Å². The zero-order valence-corrected chi connectivity index (χ0v) is 22.8. The third-order valence-corrected chi connectivity index (χ3v) is 10.9. The van der Waals surface area contributed by atoms with Crippen molar-refractivity contribution >= 4 is 40.6 Å². The average molecular weight is 542 g/mol. The standard InChI is InChI=1S/C27H35N5O5S/c1-5-13-30(15-31-18-10-8-7-9-17(18)28-29-31)24(35)22-27-12-11-26(4,38-27)21(25(36)37)20(27)23(34)32(22)19(14-33)16(3)6-2/h5,7-10,16,19-22,33H,1,6,11-15H2,2-4H3,(H,36,37)/t16-,19-,20-,21-,22?,26+,27?/m0/s1. The number of carboxylic acid groups (broad SMARTS) is 1. The van der Waals surface area contributed by atoms with Crippen LogP contribution in [0.1, 0.15) is 40.0 Å². The Bertz CT molecular complexity index is 1280. The Labute approximate surface area is 226 Å². The molecule has 11 heteroatoms. The number of benzene rings is 1. The van der Waals surface area contributed by atoms with Gasteiger partial charge in [-0.05, 0) is 37.8 Å². The number of nitrogens with zero attached hydrogens (tertiary/aromatic N) is 5. The van der Waals surface area contributed by atoms with E-state index in [0.717, 1.165) is 5.52 Å². The van der Waals surface area contributed by atoms with Gasteiger partial charge in [0.15, 0.2) is 0 Å². The molecule has 2 amide bonds. The molecule has 1 aromatic heterocycles. The molecular formula is C27H35N5O5S. The number of fused-ring (bicyclic) bond motifs is 2. The van der Waals surface area contributed by atoms with Crippen LogP contribution in [0, 0.1) is 17.8 Å². The van der Waals surface area contributed by atoms with Gasteiger partial charge < -0.3 is 20.0 Å². The second kappa shape index (κ2) is 9.68. The summed E-state index contributed by atoms with van der Waals surface area (Å²) >= 11 is 1.49.